The van der Waals surface area contributed by atoms with Crippen molar-refractivity contribution in [3.8, 4) is 5.75 Å². The number of rotatable bonds is 2. The van der Waals surface area contributed by atoms with Gasteiger partial charge in [0.05, 0.1) is 7.11 Å². The largest absolute Gasteiger partial charge is 0.495 e. The molecule has 1 heterocycles. The number of hydrogen-bond acceptors (Lipinski definition) is 2. The van der Waals surface area contributed by atoms with Crippen molar-refractivity contribution < 1.29 is 4.74 Å². The average Bonchev–Trinajstić information content (AvgIpc) is 2.04. The van der Waals surface area contributed by atoms with Crippen LogP contribution in [-0.4, -0.2) is 12.1 Å². The summed E-state index contributed by atoms with van der Waals surface area (Å²) in [5, 5.41) is 1.24. The van der Waals surface area contributed by atoms with Crippen molar-refractivity contribution in [2.45, 2.75) is 5.33 Å². The first-order valence-electron chi connectivity index (χ1n) is 3.02. The maximum atomic E-state index is 5.80. The second-order valence-corrected chi connectivity index (χ2v) is 2.92. The van der Waals surface area contributed by atoms with E-state index in [4.69, 9.17) is 16.3 Å². The van der Waals surface area contributed by atoms with E-state index in [-0.39, 0.29) is 0 Å². The Morgan fingerprint density at radius 3 is 2.82 bits per heavy atom. The molecule has 0 spiro atoms. The van der Waals surface area contributed by atoms with Gasteiger partial charge in [-0.05, 0) is 0 Å². The van der Waals surface area contributed by atoms with Gasteiger partial charge in [0.2, 0.25) is 0 Å². The summed E-state index contributed by atoms with van der Waals surface area (Å²) in [6, 6.07) is 0. The smallest absolute Gasteiger partial charge is 0.144 e. The van der Waals surface area contributed by atoms with Gasteiger partial charge in [0.15, 0.2) is 0 Å². The summed E-state index contributed by atoms with van der Waals surface area (Å²) < 4.78 is 5.07. The monoisotopic (exact) mass is 235 g/mol. The van der Waals surface area contributed by atoms with Crippen LogP contribution in [0, 0.1) is 0 Å². The molecule has 0 radical (unpaired) electrons. The predicted molar refractivity (Wildman–Crippen MR) is 48.4 cm³/mol. The number of ether oxygens (including phenoxy) is 1. The molecule has 0 unspecified atom stereocenters. The molecule has 1 aromatic heterocycles. The zero-order chi connectivity index (χ0) is 8.27. The Kier molecular flexibility index (Phi) is 3.15. The van der Waals surface area contributed by atoms with Crippen molar-refractivity contribution in [2.24, 2.45) is 0 Å². The summed E-state index contributed by atoms with van der Waals surface area (Å²) >= 11 is 9.10. The van der Waals surface area contributed by atoms with Crippen molar-refractivity contribution in [1.29, 1.82) is 0 Å². The number of halogens is 2. The molecule has 0 aliphatic carbocycles. The van der Waals surface area contributed by atoms with Crippen molar-refractivity contribution in [2.75, 3.05) is 7.11 Å². The molecule has 4 heteroatoms. The molecular weight excluding hydrogens is 229 g/mol. The van der Waals surface area contributed by atoms with Gasteiger partial charge in [-0.3, -0.25) is 4.98 Å². The zero-order valence-corrected chi connectivity index (χ0v) is 8.32. The molecule has 60 valence electrons. The van der Waals surface area contributed by atoms with Gasteiger partial charge >= 0.3 is 0 Å². The summed E-state index contributed by atoms with van der Waals surface area (Å²) in [7, 11) is 1.59. The lowest BCUT2D eigenvalue weighted by molar-refractivity contribution is 0.411. The van der Waals surface area contributed by atoms with Gasteiger partial charge in [-0.25, -0.2) is 0 Å². The molecule has 2 nitrogen and oxygen atoms in total. The third-order valence-electron chi connectivity index (χ3n) is 1.27. The van der Waals surface area contributed by atoms with Gasteiger partial charge in [0.1, 0.15) is 10.8 Å². The summed E-state index contributed by atoms with van der Waals surface area (Å²) in [5.74, 6) is 0.693. The van der Waals surface area contributed by atoms with Gasteiger partial charge in [0.25, 0.3) is 0 Å². The lowest BCUT2D eigenvalue weighted by atomic mass is 10.3. The highest BCUT2D eigenvalue weighted by Crippen LogP contribution is 2.28. The van der Waals surface area contributed by atoms with E-state index < -0.39 is 0 Å². The molecule has 1 rings (SSSR count). The molecule has 0 saturated heterocycles. The third-order valence-corrected chi connectivity index (χ3v) is 2.15. The van der Waals surface area contributed by atoms with Crippen LogP contribution in [0.3, 0.4) is 0 Å². The number of alkyl halides is 1. The normalized spacial score (nSPS) is 9.73. The van der Waals surface area contributed by atoms with E-state index in [9.17, 15) is 0 Å². The maximum absolute atomic E-state index is 5.80. The third kappa shape index (κ3) is 1.84. The molecule has 1 aromatic rings. The molecule has 0 fully saturated rings. The Balaban J connectivity index is 3.13. The fraction of sp³-hybridized carbons (Fsp3) is 0.286. The van der Waals surface area contributed by atoms with Crippen LogP contribution in [0.1, 0.15) is 5.56 Å². The van der Waals surface area contributed by atoms with E-state index in [0.717, 1.165) is 5.56 Å². The summed E-state index contributed by atoms with van der Waals surface area (Å²) in [5.41, 5.74) is 0.958. The Morgan fingerprint density at radius 1 is 1.64 bits per heavy atom. The summed E-state index contributed by atoms with van der Waals surface area (Å²) in [4.78, 5) is 3.92. The molecule has 0 atom stereocenters. The van der Waals surface area contributed by atoms with Gasteiger partial charge in [-0.1, -0.05) is 27.5 Å². The van der Waals surface area contributed by atoms with E-state index in [0.29, 0.717) is 16.1 Å². The molecule has 0 amide bonds. The Morgan fingerprint density at radius 2 is 2.36 bits per heavy atom. The minimum Gasteiger partial charge on any atom is -0.495 e. The molecule has 0 aliphatic rings. The van der Waals surface area contributed by atoms with Crippen molar-refractivity contribution in [3.63, 3.8) is 0 Å². The highest BCUT2D eigenvalue weighted by molar-refractivity contribution is 9.08. The lowest BCUT2D eigenvalue weighted by Crippen LogP contribution is -1.91. The Bertz CT molecular complexity index is 254. The number of hydrogen-bond donors (Lipinski definition) is 0. The van der Waals surface area contributed by atoms with E-state index in [1.54, 1.807) is 19.5 Å². The van der Waals surface area contributed by atoms with Crippen LogP contribution in [0.25, 0.3) is 0 Å². The molecule has 0 saturated carbocycles. The quantitative estimate of drug-likeness (QED) is 0.737. The van der Waals surface area contributed by atoms with Crippen molar-refractivity contribution in [3.05, 3.63) is 23.0 Å². The summed E-state index contributed by atoms with van der Waals surface area (Å²) in [6.45, 7) is 0. The summed E-state index contributed by atoms with van der Waals surface area (Å²) in [6.07, 6.45) is 3.28. The van der Waals surface area contributed by atoms with Crippen LogP contribution in [-0.2, 0) is 5.33 Å². The van der Waals surface area contributed by atoms with Crippen LogP contribution in [0.5, 0.6) is 5.75 Å². The predicted octanol–water partition coefficient (Wildman–Crippen LogP) is 2.64. The van der Waals surface area contributed by atoms with E-state index in [2.05, 4.69) is 20.9 Å². The first-order valence-corrected chi connectivity index (χ1v) is 4.52. The maximum Gasteiger partial charge on any atom is 0.144 e. The minimum absolute atomic E-state index is 0.546. The minimum atomic E-state index is 0.546. The Labute approximate surface area is 78.7 Å². The van der Waals surface area contributed by atoms with E-state index in [1.807, 2.05) is 0 Å². The standard InChI is InChI=1S/C7H7BrClNO/c1-11-7-5(2-8)3-10-4-6(7)9/h3-4H,2H2,1H3. The zero-order valence-electron chi connectivity index (χ0n) is 5.97. The van der Waals surface area contributed by atoms with Crippen molar-refractivity contribution >= 4 is 27.5 Å². The number of methoxy groups -OCH3 is 1. The van der Waals surface area contributed by atoms with E-state index in [1.165, 1.54) is 0 Å². The van der Waals surface area contributed by atoms with Crippen LogP contribution in [0.4, 0.5) is 0 Å². The molecule has 0 N–H and O–H groups in total. The van der Waals surface area contributed by atoms with Crippen LogP contribution in [0.15, 0.2) is 12.4 Å². The van der Waals surface area contributed by atoms with Gasteiger partial charge in [0, 0.05) is 23.3 Å². The fourth-order valence-electron chi connectivity index (χ4n) is 0.787. The lowest BCUT2D eigenvalue weighted by Gasteiger charge is -2.05. The first kappa shape index (κ1) is 8.81. The highest BCUT2D eigenvalue weighted by atomic mass is 79.9. The molecule has 0 bridgehead atoms. The number of pyridine rings is 1. The molecular formula is C7H7BrClNO. The first-order chi connectivity index (χ1) is 5.29. The second-order valence-electron chi connectivity index (χ2n) is 1.95. The van der Waals surface area contributed by atoms with Gasteiger partial charge in [-0.15, -0.1) is 0 Å². The molecule has 0 aliphatic heterocycles. The highest BCUT2D eigenvalue weighted by Gasteiger charge is 2.05. The topological polar surface area (TPSA) is 22.1 Å². The van der Waals surface area contributed by atoms with Crippen LogP contribution in [0.2, 0.25) is 5.02 Å². The fourth-order valence-corrected chi connectivity index (χ4v) is 1.44. The van der Waals surface area contributed by atoms with E-state index >= 15 is 0 Å². The van der Waals surface area contributed by atoms with Crippen LogP contribution < -0.4 is 4.74 Å². The van der Waals surface area contributed by atoms with Crippen molar-refractivity contribution in [1.82, 2.24) is 4.98 Å². The number of nitrogens with zero attached hydrogens (tertiary/aromatic N) is 1. The van der Waals surface area contributed by atoms with Crippen LogP contribution >= 0.6 is 27.5 Å². The average molecular weight is 236 g/mol. The number of aromatic nitrogens is 1. The molecule has 0 aromatic carbocycles. The second kappa shape index (κ2) is 3.93. The Hall–Kier alpha value is -0.280. The van der Waals surface area contributed by atoms with Gasteiger partial charge in [-0.2, -0.15) is 0 Å². The molecule has 11 heavy (non-hydrogen) atoms. The van der Waals surface area contributed by atoms with Gasteiger partial charge < -0.3 is 4.74 Å². The SMILES string of the molecule is COc1c(Cl)cncc1CBr.